The zero-order valence-electron chi connectivity index (χ0n) is 16.5. The van der Waals surface area contributed by atoms with Gasteiger partial charge < -0.3 is 11.5 Å². The second kappa shape index (κ2) is 10.0. The smallest absolute Gasteiger partial charge is 0.0218 e. The van der Waals surface area contributed by atoms with Crippen molar-refractivity contribution in [1.29, 1.82) is 0 Å². The molecular formula is C20H43N3. The minimum Gasteiger partial charge on any atom is -0.330 e. The van der Waals surface area contributed by atoms with Crippen LogP contribution >= 0.6 is 0 Å². The molecule has 0 aromatic heterocycles. The summed E-state index contributed by atoms with van der Waals surface area (Å²) in [5, 5.41) is 0. The third-order valence-corrected chi connectivity index (χ3v) is 5.87. The van der Waals surface area contributed by atoms with E-state index in [9.17, 15) is 0 Å². The fourth-order valence-corrected chi connectivity index (χ4v) is 5.03. The van der Waals surface area contributed by atoms with Crippen LogP contribution in [-0.4, -0.2) is 35.1 Å². The quantitative estimate of drug-likeness (QED) is 0.589. The van der Waals surface area contributed by atoms with Gasteiger partial charge in [-0.25, -0.2) is 0 Å². The van der Waals surface area contributed by atoms with Crippen molar-refractivity contribution >= 4 is 0 Å². The molecule has 3 nitrogen and oxygen atoms in total. The van der Waals surface area contributed by atoms with Gasteiger partial charge in [-0.1, -0.05) is 32.6 Å². The summed E-state index contributed by atoms with van der Waals surface area (Å²) >= 11 is 0. The van der Waals surface area contributed by atoms with Gasteiger partial charge in [0.2, 0.25) is 0 Å². The van der Waals surface area contributed by atoms with Crippen LogP contribution in [0.4, 0.5) is 0 Å². The first-order valence-corrected chi connectivity index (χ1v) is 10.1. The fraction of sp³-hybridized carbons (Fsp3) is 1.00. The molecule has 0 aromatic carbocycles. The predicted molar refractivity (Wildman–Crippen MR) is 103 cm³/mol. The van der Waals surface area contributed by atoms with Crippen LogP contribution in [0.1, 0.15) is 92.4 Å². The maximum Gasteiger partial charge on any atom is 0.0218 e. The molecule has 0 aliphatic heterocycles. The van der Waals surface area contributed by atoms with Crippen molar-refractivity contribution in [3.05, 3.63) is 0 Å². The van der Waals surface area contributed by atoms with Gasteiger partial charge in [0.1, 0.15) is 0 Å². The molecule has 0 aromatic rings. The van der Waals surface area contributed by atoms with E-state index in [0.717, 1.165) is 19.4 Å². The largest absolute Gasteiger partial charge is 0.330 e. The van der Waals surface area contributed by atoms with E-state index in [1.54, 1.807) is 0 Å². The summed E-state index contributed by atoms with van der Waals surface area (Å²) in [6, 6.07) is 1.53. The molecule has 0 saturated heterocycles. The van der Waals surface area contributed by atoms with Crippen LogP contribution in [0.2, 0.25) is 0 Å². The molecule has 4 N–H and O–H groups in total. The van der Waals surface area contributed by atoms with Crippen LogP contribution in [0.25, 0.3) is 0 Å². The molecule has 0 radical (unpaired) electrons. The average molecular weight is 326 g/mol. The highest BCUT2D eigenvalue weighted by molar-refractivity contribution is 4.98. The van der Waals surface area contributed by atoms with Crippen molar-refractivity contribution in [2.75, 3.05) is 6.54 Å². The Hall–Kier alpha value is -0.120. The molecule has 3 heteroatoms. The van der Waals surface area contributed by atoms with Crippen molar-refractivity contribution in [3.8, 4) is 0 Å². The lowest BCUT2D eigenvalue weighted by Crippen LogP contribution is -2.57. The molecule has 2 unspecified atom stereocenters. The first-order chi connectivity index (χ1) is 10.8. The first kappa shape index (κ1) is 20.9. The normalized spacial score (nSPS) is 21.1. The van der Waals surface area contributed by atoms with Gasteiger partial charge in [0, 0.05) is 23.7 Å². The maximum absolute atomic E-state index is 6.53. The number of nitrogens with zero attached hydrogens (tertiary/aromatic N) is 1. The van der Waals surface area contributed by atoms with Gasteiger partial charge in [0.15, 0.2) is 0 Å². The molecule has 1 aliphatic carbocycles. The average Bonchev–Trinajstić information content (AvgIpc) is 2.47. The van der Waals surface area contributed by atoms with Crippen LogP contribution in [0.5, 0.6) is 0 Å². The van der Waals surface area contributed by atoms with Crippen LogP contribution in [-0.2, 0) is 0 Å². The van der Waals surface area contributed by atoms with Gasteiger partial charge in [-0.2, -0.15) is 0 Å². The van der Waals surface area contributed by atoms with E-state index in [1.165, 1.54) is 44.9 Å². The minimum absolute atomic E-state index is 0.321. The highest BCUT2D eigenvalue weighted by atomic mass is 15.2. The zero-order valence-corrected chi connectivity index (χ0v) is 16.5. The van der Waals surface area contributed by atoms with Crippen molar-refractivity contribution < 1.29 is 0 Å². The summed E-state index contributed by atoms with van der Waals surface area (Å²) in [5.41, 5.74) is 12.5. The molecule has 2 atom stereocenters. The summed E-state index contributed by atoms with van der Waals surface area (Å²) in [6.07, 6.45) is 11.5. The molecule has 138 valence electrons. The van der Waals surface area contributed by atoms with E-state index in [2.05, 4.69) is 39.5 Å². The number of hydrogen-bond acceptors (Lipinski definition) is 3. The lowest BCUT2D eigenvalue weighted by atomic mass is 9.72. The second-order valence-corrected chi connectivity index (χ2v) is 8.51. The van der Waals surface area contributed by atoms with E-state index in [4.69, 9.17) is 11.5 Å². The van der Waals surface area contributed by atoms with Gasteiger partial charge in [0.05, 0.1) is 0 Å². The minimum atomic E-state index is 0.321. The van der Waals surface area contributed by atoms with Crippen molar-refractivity contribution in [3.63, 3.8) is 0 Å². The molecule has 1 aliphatic rings. The fourth-order valence-electron chi connectivity index (χ4n) is 5.03. The van der Waals surface area contributed by atoms with Gasteiger partial charge in [-0.3, -0.25) is 4.90 Å². The Morgan fingerprint density at radius 2 is 1.48 bits per heavy atom. The molecule has 0 spiro atoms. The Balaban J connectivity index is 2.80. The van der Waals surface area contributed by atoms with Crippen LogP contribution in [0.15, 0.2) is 0 Å². The topological polar surface area (TPSA) is 55.3 Å². The lowest BCUT2D eigenvalue weighted by Gasteiger charge is -2.52. The SMILES string of the molecule is CC(CC1(N(C(C)C)C(C)C)CCCCC1)C(N)CCCCN. The Labute approximate surface area is 145 Å². The van der Waals surface area contributed by atoms with E-state index < -0.39 is 0 Å². The Morgan fingerprint density at radius 1 is 0.913 bits per heavy atom. The molecule has 1 fully saturated rings. The van der Waals surface area contributed by atoms with Gasteiger partial charge in [0.25, 0.3) is 0 Å². The van der Waals surface area contributed by atoms with E-state index >= 15 is 0 Å². The molecule has 23 heavy (non-hydrogen) atoms. The van der Waals surface area contributed by atoms with Crippen LogP contribution in [0.3, 0.4) is 0 Å². The number of hydrogen-bond donors (Lipinski definition) is 2. The molecule has 0 heterocycles. The van der Waals surface area contributed by atoms with Crippen molar-refractivity contribution in [2.45, 2.75) is 116 Å². The molecule has 1 rings (SSSR count). The third kappa shape index (κ3) is 6.03. The highest BCUT2D eigenvalue weighted by Gasteiger charge is 2.41. The van der Waals surface area contributed by atoms with Gasteiger partial charge in [-0.15, -0.1) is 0 Å². The Morgan fingerprint density at radius 3 is 1.96 bits per heavy atom. The van der Waals surface area contributed by atoms with Gasteiger partial charge >= 0.3 is 0 Å². The summed E-state index contributed by atoms with van der Waals surface area (Å²) in [6.45, 7) is 12.6. The Kier molecular flexibility index (Phi) is 9.10. The standard InChI is InChI=1S/C20H43N3/c1-16(2)23(17(3)4)20(12-8-6-9-13-20)15-18(5)19(22)11-7-10-14-21/h16-19H,6-15,21-22H2,1-5H3. The molecule has 0 bridgehead atoms. The van der Waals surface area contributed by atoms with Crippen molar-refractivity contribution in [2.24, 2.45) is 17.4 Å². The van der Waals surface area contributed by atoms with E-state index in [-0.39, 0.29) is 0 Å². The van der Waals surface area contributed by atoms with Crippen LogP contribution < -0.4 is 11.5 Å². The maximum atomic E-state index is 6.53. The highest BCUT2D eigenvalue weighted by Crippen LogP contribution is 2.41. The molecule has 1 saturated carbocycles. The van der Waals surface area contributed by atoms with Crippen molar-refractivity contribution in [1.82, 2.24) is 4.90 Å². The molecule has 0 amide bonds. The summed E-state index contributed by atoms with van der Waals surface area (Å²) in [7, 11) is 0. The predicted octanol–water partition coefficient (Wildman–Crippen LogP) is 4.29. The first-order valence-electron chi connectivity index (χ1n) is 10.1. The van der Waals surface area contributed by atoms with Crippen LogP contribution in [0, 0.1) is 5.92 Å². The van der Waals surface area contributed by atoms with E-state index in [0.29, 0.717) is 29.6 Å². The summed E-state index contributed by atoms with van der Waals surface area (Å²) in [5.74, 6) is 0.589. The molecular weight excluding hydrogens is 282 g/mol. The number of rotatable bonds is 10. The lowest BCUT2D eigenvalue weighted by molar-refractivity contribution is -0.0203. The number of nitrogens with two attached hydrogens (primary N) is 2. The number of unbranched alkanes of at least 4 members (excludes halogenated alkanes) is 1. The van der Waals surface area contributed by atoms with Gasteiger partial charge in [-0.05, 0) is 72.3 Å². The third-order valence-electron chi connectivity index (χ3n) is 5.87. The zero-order chi connectivity index (χ0) is 17.5. The second-order valence-electron chi connectivity index (χ2n) is 8.51. The van der Waals surface area contributed by atoms with E-state index in [1.807, 2.05) is 0 Å². The summed E-state index contributed by atoms with van der Waals surface area (Å²) < 4.78 is 0. The monoisotopic (exact) mass is 325 g/mol. The summed E-state index contributed by atoms with van der Waals surface area (Å²) in [4.78, 5) is 2.80. The Bertz CT molecular complexity index is 300.